The van der Waals surface area contributed by atoms with E-state index >= 15 is 0 Å². The van der Waals surface area contributed by atoms with Crippen LogP contribution in [0.5, 0.6) is 5.75 Å². The number of amides is 2. The van der Waals surface area contributed by atoms with Crippen molar-refractivity contribution >= 4 is 17.7 Å². The lowest BCUT2D eigenvalue weighted by atomic mass is 10.2. The fourth-order valence-corrected chi connectivity index (χ4v) is 3.13. The Labute approximate surface area is 158 Å². The molecule has 1 saturated carbocycles. The van der Waals surface area contributed by atoms with E-state index in [1.165, 1.54) is 4.90 Å². The van der Waals surface area contributed by atoms with Crippen molar-refractivity contribution in [2.75, 3.05) is 12.4 Å². The molecule has 6 nitrogen and oxygen atoms in total. The number of esters is 1. The Kier molecular flexibility index (Phi) is 5.96. The van der Waals surface area contributed by atoms with E-state index in [1.807, 2.05) is 6.07 Å². The van der Waals surface area contributed by atoms with Gasteiger partial charge in [-0.15, -0.1) is 0 Å². The Morgan fingerprint density at radius 3 is 2.52 bits per heavy atom. The third kappa shape index (κ3) is 5.23. The predicted molar refractivity (Wildman–Crippen MR) is 103 cm³/mol. The molecule has 2 amide bonds. The van der Waals surface area contributed by atoms with Gasteiger partial charge in [-0.3, -0.25) is 0 Å². The van der Waals surface area contributed by atoms with Gasteiger partial charge in [0.25, 0.3) is 0 Å². The largest absolute Gasteiger partial charge is 0.508 e. The summed E-state index contributed by atoms with van der Waals surface area (Å²) in [5.74, 6) is -0.151. The van der Waals surface area contributed by atoms with Gasteiger partial charge in [-0.05, 0) is 67.6 Å². The summed E-state index contributed by atoms with van der Waals surface area (Å²) in [5.41, 5.74) is 1.91. The number of nitrogens with one attached hydrogen (secondary N) is 1. The van der Waals surface area contributed by atoms with Crippen LogP contribution in [0.25, 0.3) is 0 Å². The van der Waals surface area contributed by atoms with Crippen molar-refractivity contribution in [1.82, 2.24) is 4.90 Å². The molecule has 2 N–H and O–H groups in total. The van der Waals surface area contributed by atoms with E-state index in [2.05, 4.69) is 5.32 Å². The average molecular weight is 368 g/mol. The van der Waals surface area contributed by atoms with Crippen LogP contribution >= 0.6 is 0 Å². The van der Waals surface area contributed by atoms with E-state index < -0.39 is 0 Å². The Morgan fingerprint density at radius 2 is 1.85 bits per heavy atom. The predicted octanol–water partition coefficient (Wildman–Crippen LogP) is 4.16. The lowest BCUT2D eigenvalue weighted by molar-refractivity contribution is 0.0318. The summed E-state index contributed by atoms with van der Waals surface area (Å²) in [7, 11) is 1.67. The summed E-state index contributed by atoms with van der Waals surface area (Å²) >= 11 is 0. The van der Waals surface area contributed by atoms with Crippen LogP contribution < -0.4 is 5.32 Å². The smallest absolute Gasteiger partial charge is 0.338 e. The summed E-state index contributed by atoms with van der Waals surface area (Å²) in [5, 5.41) is 12.3. The quantitative estimate of drug-likeness (QED) is 0.777. The van der Waals surface area contributed by atoms with E-state index in [-0.39, 0.29) is 23.9 Å². The standard InChI is InChI=1S/C21H24N2O4/c1-23(14-15-5-4-6-18(24)13-15)21(26)22-17-11-9-16(10-12-17)20(25)27-19-7-2-3-8-19/h4-6,9-13,19,24H,2-3,7-8,14H2,1H3,(H,22,26). The molecule has 1 aliphatic rings. The highest BCUT2D eigenvalue weighted by Gasteiger charge is 2.20. The zero-order valence-corrected chi connectivity index (χ0v) is 15.4. The maximum Gasteiger partial charge on any atom is 0.338 e. The summed E-state index contributed by atoms with van der Waals surface area (Å²) in [4.78, 5) is 26.0. The summed E-state index contributed by atoms with van der Waals surface area (Å²) in [6.45, 7) is 0.367. The van der Waals surface area contributed by atoms with Crippen LogP contribution in [0.4, 0.5) is 10.5 Å². The van der Waals surface area contributed by atoms with Gasteiger partial charge >= 0.3 is 12.0 Å². The van der Waals surface area contributed by atoms with Crippen molar-refractivity contribution in [2.24, 2.45) is 0 Å². The fraction of sp³-hybridized carbons (Fsp3) is 0.333. The van der Waals surface area contributed by atoms with Crippen molar-refractivity contribution in [3.05, 3.63) is 59.7 Å². The number of carbonyl (C=O) groups is 2. The molecule has 6 heteroatoms. The van der Waals surface area contributed by atoms with Gasteiger partial charge in [-0.1, -0.05) is 12.1 Å². The normalized spacial score (nSPS) is 14.0. The molecule has 2 aromatic carbocycles. The molecule has 3 rings (SSSR count). The van der Waals surface area contributed by atoms with E-state index in [1.54, 1.807) is 49.5 Å². The third-order valence-corrected chi connectivity index (χ3v) is 4.62. The zero-order valence-electron chi connectivity index (χ0n) is 15.4. The molecule has 0 unspecified atom stereocenters. The van der Waals surface area contributed by atoms with Crippen molar-refractivity contribution in [1.29, 1.82) is 0 Å². The molecule has 0 bridgehead atoms. The Bertz CT molecular complexity index is 798. The van der Waals surface area contributed by atoms with E-state index in [0.29, 0.717) is 17.8 Å². The second kappa shape index (κ2) is 8.58. The van der Waals surface area contributed by atoms with Gasteiger partial charge in [-0.25, -0.2) is 9.59 Å². The first kappa shape index (κ1) is 18.8. The van der Waals surface area contributed by atoms with Gasteiger partial charge in [0.1, 0.15) is 11.9 Å². The molecule has 0 atom stereocenters. The molecule has 142 valence electrons. The number of nitrogens with zero attached hydrogens (tertiary/aromatic N) is 1. The lowest BCUT2D eigenvalue weighted by Crippen LogP contribution is -2.30. The zero-order chi connectivity index (χ0) is 19.2. The van der Waals surface area contributed by atoms with Crippen molar-refractivity contribution in [2.45, 2.75) is 38.3 Å². The Balaban J connectivity index is 1.53. The molecule has 1 aliphatic carbocycles. The minimum absolute atomic E-state index is 0.0305. The minimum atomic E-state index is -0.319. The number of phenols is 1. The number of anilines is 1. The number of carbonyl (C=O) groups excluding carboxylic acids is 2. The molecule has 0 aromatic heterocycles. The topological polar surface area (TPSA) is 78.9 Å². The maximum absolute atomic E-state index is 12.3. The maximum atomic E-state index is 12.3. The highest BCUT2D eigenvalue weighted by Crippen LogP contribution is 2.22. The van der Waals surface area contributed by atoms with Crippen molar-refractivity contribution < 1.29 is 19.4 Å². The molecule has 0 saturated heterocycles. The number of rotatable bonds is 5. The second-order valence-corrected chi connectivity index (χ2v) is 6.85. The van der Waals surface area contributed by atoms with Crippen LogP contribution in [-0.4, -0.2) is 35.2 Å². The number of hydrogen-bond acceptors (Lipinski definition) is 4. The molecular weight excluding hydrogens is 344 g/mol. The summed E-state index contributed by atoms with van der Waals surface area (Å²) in [6, 6.07) is 13.2. The van der Waals surface area contributed by atoms with Crippen LogP contribution in [0.2, 0.25) is 0 Å². The first-order valence-corrected chi connectivity index (χ1v) is 9.12. The average Bonchev–Trinajstić information content (AvgIpc) is 3.15. The van der Waals surface area contributed by atoms with Gasteiger partial charge in [0.15, 0.2) is 0 Å². The number of urea groups is 1. The van der Waals surface area contributed by atoms with Crippen molar-refractivity contribution in [3.63, 3.8) is 0 Å². The van der Waals surface area contributed by atoms with Crippen LogP contribution in [0.3, 0.4) is 0 Å². The number of phenolic OH excluding ortho intramolecular Hbond substituents is 1. The number of aromatic hydroxyl groups is 1. The van der Waals surface area contributed by atoms with E-state index in [9.17, 15) is 14.7 Å². The first-order valence-electron chi connectivity index (χ1n) is 9.12. The van der Waals surface area contributed by atoms with Crippen LogP contribution in [0.15, 0.2) is 48.5 Å². The number of ether oxygens (including phenoxy) is 1. The molecule has 0 spiro atoms. The Hall–Kier alpha value is -3.02. The van der Waals surface area contributed by atoms with E-state index in [0.717, 1.165) is 31.2 Å². The minimum Gasteiger partial charge on any atom is -0.508 e. The van der Waals surface area contributed by atoms with Crippen LogP contribution in [0, 0.1) is 0 Å². The van der Waals surface area contributed by atoms with Gasteiger partial charge < -0.3 is 20.1 Å². The second-order valence-electron chi connectivity index (χ2n) is 6.85. The third-order valence-electron chi connectivity index (χ3n) is 4.62. The summed E-state index contributed by atoms with van der Waals surface area (Å²) < 4.78 is 5.48. The monoisotopic (exact) mass is 368 g/mol. The molecule has 0 aliphatic heterocycles. The van der Waals surface area contributed by atoms with E-state index in [4.69, 9.17) is 4.74 Å². The van der Waals surface area contributed by atoms with Gasteiger partial charge in [-0.2, -0.15) is 0 Å². The lowest BCUT2D eigenvalue weighted by Gasteiger charge is -2.18. The van der Waals surface area contributed by atoms with Gasteiger partial charge in [0.05, 0.1) is 5.56 Å². The van der Waals surface area contributed by atoms with Crippen molar-refractivity contribution in [3.8, 4) is 5.75 Å². The molecule has 2 aromatic rings. The molecule has 1 fully saturated rings. The van der Waals surface area contributed by atoms with Gasteiger partial charge in [0.2, 0.25) is 0 Å². The molecule has 0 radical (unpaired) electrons. The van der Waals surface area contributed by atoms with Gasteiger partial charge in [0, 0.05) is 19.3 Å². The van der Waals surface area contributed by atoms with Crippen LogP contribution in [-0.2, 0) is 11.3 Å². The van der Waals surface area contributed by atoms with Crippen LogP contribution in [0.1, 0.15) is 41.6 Å². The first-order chi connectivity index (χ1) is 13.0. The molecular formula is C21H24N2O4. The Morgan fingerprint density at radius 1 is 1.15 bits per heavy atom. The molecule has 27 heavy (non-hydrogen) atoms. The SMILES string of the molecule is CN(Cc1cccc(O)c1)C(=O)Nc1ccc(C(=O)OC2CCCC2)cc1. The fourth-order valence-electron chi connectivity index (χ4n) is 3.13. The summed E-state index contributed by atoms with van der Waals surface area (Å²) in [6.07, 6.45) is 4.12. The number of benzene rings is 2. The highest BCUT2D eigenvalue weighted by atomic mass is 16.5. The molecule has 0 heterocycles. The highest BCUT2D eigenvalue weighted by molar-refractivity contribution is 5.92. The number of hydrogen-bond donors (Lipinski definition) is 2.